The second-order valence-corrected chi connectivity index (χ2v) is 3.28. The maximum absolute atomic E-state index is 12.5. The van der Waals surface area contributed by atoms with Crippen LogP contribution < -0.4 is 5.73 Å². The normalized spacial score (nSPS) is 13.3. The summed E-state index contributed by atoms with van der Waals surface area (Å²) in [5, 5.41) is 0.688. The van der Waals surface area contributed by atoms with Crippen molar-refractivity contribution in [3.63, 3.8) is 0 Å². The van der Waals surface area contributed by atoms with Crippen LogP contribution in [0.5, 0.6) is 0 Å². The van der Waals surface area contributed by atoms with E-state index in [-0.39, 0.29) is 0 Å². The topological polar surface area (TPSA) is 38.9 Å². The number of alkyl halides is 2. The Kier molecular flexibility index (Phi) is 2.60. The number of aromatic nitrogens is 1. The van der Waals surface area contributed by atoms with Crippen LogP contribution in [-0.2, 0) is 0 Å². The molecule has 1 aromatic heterocycles. The van der Waals surface area contributed by atoms with Gasteiger partial charge in [-0.15, -0.1) is 0 Å². The van der Waals surface area contributed by atoms with Crippen LogP contribution in [-0.4, -0.2) is 11.4 Å². The number of hydrogen-bond donors (Lipinski definition) is 1. The number of pyridine rings is 1. The Labute approximate surface area is 85.7 Å². The third-order valence-corrected chi connectivity index (χ3v) is 2.31. The van der Waals surface area contributed by atoms with Crippen molar-refractivity contribution in [1.29, 1.82) is 0 Å². The van der Waals surface area contributed by atoms with Gasteiger partial charge in [0, 0.05) is 11.6 Å². The van der Waals surface area contributed by atoms with Gasteiger partial charge in [0.25, 0.3) is 6.43 Å². The van der Waals surface area contributed by atoms with Crippen molar-refractivity contribution in [3.05, 3.63) is 42.1 Å². The van der Waals surface area contributed by atoms with Crippen LogP contribution in [0.2, 0.25) is 0 Å². The minimum absolute atomic E-state index is 0.440. The van der Waals surface area contributed by atoms with Gasteiger partial charge in [0.1, 0.15) is 0 Å². The maximum Gasteiger partial charge on any atom is 0.257 e. The number of hydrogen-bond acceptors (Lipinski definition) is 2. The fourth-order valence-electron chi connectivity index (χ4n) is 1.55. The van der Waals surface area contributed by atoms with Crippen molar-refractivity contribution in [2.45, 2.75) is 12.5 Å². The molecule has 2 rings (SSSR count). The van der Waals surface area contributed by atoms with Crippen molar-refractivity contribution < 1.29 is 8.78 Å². The fourth-order valence-corrected chi connectivity index (χ4v) is 1.55. The summed E-state index contributed by atoms with van der Waals surface area (Å²) in [6.07, 6.45) is -0.934. The minimum atomic E-state index is -2.56. The van der Waals surface area contributed by atoms with Crippen molar-refractivity contribution in [1.82, 2.24) is 4.98 Å². The summed E-state index contributed by atoms with van der Waals surface area (Å²) in [7, 11) is 0. The lowest BCUT2D eigenvalue weighted by Gasteiger charge is -2.12. The van der Waals surface area contributed by atoms with Crippen molar-refractivity contribution >= 4 is 10.9 Å². The molecule has 78 valence electrons. The summed E-state index contributed by atoms with van der Waals surface area (Å²) in [6.45, 7) is 0. The Hall–Kier alpha value is -1.55. The van der Waals surface area contributed by atoms with Gasteiger partial charge < -0.3 is 5.73 Å². The van der Waals surface area contributed by atoms with Gasteiger partial charge in [-0.2, -0.15) is 0 Å². The average molecular weight is 208 g/mol. The van der Waals surface area contributed by atoms with Crippen LogP contribution in [0.1, 0.15) is 11.6 Å². The first-order chi connectivity index (χ1) is 7.20. The van der Waals surface area contributed by atoms with E-state index in [0.29, 0.717) is 16.5 Å². The van der Waals surface area contributed by atoms with E-state index in [0.717, 1.165) is 0 Å². The van der Waals surface area contributed by atoms with Gasteiger partial charge in [0.2, 0.25) is 0 Å². The van der Waals surface area contributed by atoms with Crippen LogP contribution >= 0.6 is 0 Å². The van der Waals surface area contributed by atoms with E-state index in [9.17, 15) is 8.78 Å². The van der Waals surface area contributed by atoms with Gasteiger partial charge in [-0.3, -0.25) is 4.98 Å². The smallest absolute Gasteiger partial charge is 0.257 e. The molecule has 2 aromatic rings. The van der Waals surface area contributed by atoms with Gasteiger partial charge in [-0.05, 0) is 17.7 Å². The molecule has 1 heterocycles. The first-order valence-corrected chi connectivity index (χ1v) is 4.57. The predicted molar refractivity (Wildman–Crippen MR) is 54.7 cm³/mol. The SMILES string of the molecule is NC(c1cccc2ncccc12)C(F)F. The Morgan fingerprint density at radius 3 is 2.67 bits per heavy atom. The summed E-state index contributed by atoms with van der Waals surface area (Å²) >= 11 is 0. The zero-order chi connectivity index (χ0) is 10.8. The largest absolute Gasteiger partial charge is 0.319 e. The van der Waals surface area contributed by atoms with E-state index in [2.05, 4.69) is 4.98 Å². The molecule has 0 amide bonds. The molecule has 1 aromatic carbocycles. The highest BCUT2D eigenvalue weighted by Gasteiger charge is 2.19. The Morgan fingerprint density at radius 1 is 1.13 bits per heavy atom. The number of halogens is 2. The number of benzene rings is 1. The van der Waals surface area contributed by atoms with Crippen LogP contribution in [0.4, 0.5) is 8.78 Å². The Morgan fingerprint density at radius 2 is 1.93 bits per heavy atom. The molecule has 0 spiro atoms. The highest BCUT2D eigenvalue weighted by atomic mass is 19.3. The minimum Gasteiger partial charge on any atom is -0.319 e. The standard InChI is InChI=1S/C11H10F2N2/c12-11(13)10(14)8-3-1-5-9-7(8)4-2-6-15-9/h1-6,10-11H,14H2. The van der Waals surface area contributed by atoms with Gasteiger partial charge in [-0.25, -0.2) is 8.78 Å². The number of fused-ring (bicyclic) bond motifs is 1. The van der Waals surface area contributed by atoms with Crippen molar-refractivity contribution in [3.8, 4) is 0 Å². The molecule has 2 nitrogen and oxygen atoms in total. The first-order valence-electron chi connectivity index (χ1n) is 4.57. The van der Waals surface area contributed by atoms with Crippen LogP contribution in [0.3, 0.4) is 0 Å². The average Bonchev–Trinajstić information content (AvgIpc) is 2.27. The molecule has 2 N–H and O–H groups in total. The molecule has 0 aliphatic rings. The molecule has 0 saturated heterocycles. The highest BCUT2D eigenvalue weighted by Crippen LogP contribution is 2.25. The van der Waals surface area contributed by atoms with Gasteiger partial charge in [0.15, 0.2) is 0 Å². The van der Waals surface area contributed by atoms with E-state index in [4.69, 9.17) is 5.73 Å². The molecule has 1 atom stereocenters. The third-order valence-electron chi connectivity index (χ3n) is 2.31. The Balaban J connectivity index is 2.60. The monoisotopic (exact) mass is 208 g/mol. The number of nitrogens with two attached hydrogens (primary N) is 1. The lowest BCUT2D eigenvalue weighted by Crippen LogP contribution is -2.19. The molecular formula is C11H10F2N2. The quantitative estimate of drug-likeness (QED) is 0.823. The summed E-state index contributed by atoms with van der Waals surface area (Å²) in [5.74, 6) is 0. The molecule has 1 unspecified atom stereocenters. The fraction of sp³-hybridized carbons (Fsp3) is 0.182. The predicted octanol–water partition coefficient (Wildman–Crippen LogP) is 2.50. The summed E-state index contributed by atoms with van der Waals surface area (Å²) in [6, 6.07) is 7.28. The second-order valence-electron chi connectivity index (χ2n) is 3.28. The third kappa shape index (κ3) is 1.80. The first kappa shape index (κ1) is 9.98. The van der Waals surface area contributed by atoms with E-state index >= 15 is 0 Å². The van der Waals surface area contributed by atoms with Gasteiger partial charge >= 0.3 is 0 Å². The lowest BCUT2D eigenvalue weighted by atomic mass is 10.0. The van der Waals surface area contributed by atoms with Gasteiger partial charge in [0.05, 0.1) is 11.6 Å². The van der Waals surface area contributed by atoms with E-state index < -0.39 is 12.5 Å². The molecular weight excluding hydrogens is 198 g/mol. The van der Waals surface area contributed by atoms with Gasteiger partial charge in [-0.1, -0.05) is 18.2 Å². The van der Waals surface area contributed by atoms with E-state index in [1.165, 1.54) is 0 Å². The number of rotatable bonds is 2. The van der Waals surface area contributed by atoms with Crippen LogP contribution in [0, 0.1) is 0 Å². The zero-order valence-electron chi connectivity index (χ0n) is 7.90. The molecule has 0 fully saturated rings. The summed E-state index contributed by atoms with van der Waals surface area (Å²) in [4.78, 5) is 4.08. The molecule has 0 saturated carbocycles. The van der Waals surface area contributed by atoms with Crippen molar-refractivity contribution in [2.75, 3.05) is 0 Å². The van der Waals surface area contributed by atoms with Crippen molar-refractivity contribution in [2.24, 2.45) is 5.73 Å². The summed E-state index contributed by atoms with van der Waals surface area (Å²) in [5.41, 5.74) is 6.55. The molecule has 0 radical (unpaired) electrons. The van der Waals surface area contributed by atoms with Crippen LogP contribution in [0.15, 0.2) is 36.5 Å². The van der Waals surface area contributed by atoms with E-state index in [1.807, 2.05) is 0 Å². The molecule has 15 heavy (non-hydrogen) atoms. The highest BCUT2D eigenvalue weighted by molar-refractivity contribution is 5.82. The lowest BCUT2D eigenvalue weighted by molar-refractivity contribution is 0.117. The maximum atomic E-state index is 12.5. The molecule has 0 bridgehead atoms. The summed E-state index contributed by atoms with van der Waals surface area (Å²) < 4.78 is 25.0. The molecule has 4 heteroatoms. The zero-order valence-corrected chi connectivity index (χ0v) is 7.90. The number of nitrogens with zero attached hydrogens (tertiary/aromatic N) is 1. The molecule has 0 aliphatic heterocycles. The van der Waals surface area contributed by atoms with Crippen LogP contribution in [0.25, 0.3) is 10.9 Å². The second kappa shape index (κ2) is 3.90. The van der Waals surface area contributed by atoms with E-state index in [1.54, 1.807) is 36.5 Å². The Bertz CT molecular complexity index is 466. The molecule has 0 aliphatic carbocycles.